The molecule has 0 saturated carbocycles. The molecule has 0 aliphatic heterocycles. The molecule has 10 aromatic carbocycles. The molecular weight excluding hydrogens is 791 g/mol. The molecule has 0 atom stereocenters. The first-order chi connectivity index (χ1) is 31.8. The van der Waals surface area contributed by atoms with E-state index in [0.29, 0.717) is 0 Å². The molecule has 13 aromatic rings. The van der Waals surface area contributed by atoms with Crippen LogP contribution in [0.25, 0.3) is 82.5 Å². The zero-order valence-corrected chi connectivity index (χ0v) is 36.0. The molecule has 0 amide bonds. The van der Waals surface area contributed by atoms with E-state index in [4.69, 9.17) is 0 Å². The van der Waals surface area contributed by atoms with Gasteiger partial charge in [0.1, 0.15) is 0 Å². The Hall–Kier alpha value is -8.18. The van der Waals surface area contributed by atoms with E-state index in [-0.39, 0.29) is 0 Å². The van der Waals surface area contributed by atoms with E-state index in [2.05, 4.69) is 262 Å². The molecule has 0 N–H and O–H groups in total. The summed E-state index contributed by atoms with van der Waals surface area (Å²) in [5.41, 5.74) is 10.6. The van der Waals surface area contributed by atoms with Crippen LogP contribution >= 0.6 is 0 Å². The van der Waals surface area contributed by atoms with Crippen molar-refractivity contribution in [3.05, 3.63) is 249 Å². The van der Waals surface area contributed by atoms with Crippen LogP contribution in [-0.4, -0.2) is 21.8 Å². The van der Waals surface area contributed by atoms with E-state index in [1.54, 1.807) is 0 Å². The van der Waals surface area contributed by atoms with Crippen LogP contribution < -0.4 is 20.7 Å². The number of hydrogen-bond acceptors (Lipinski definition) is 0. The summed E-state index contributed by atoms with van der Waals surface area (Å²) >= 11 is 0. The van der Waals surface area contributed by atoms with Crippen molar-refractivity contribution in [2.24, 2.45) is 0 Å². The zero-order valence-electron chi connectivity index (χ0n) is 35.0. The minimum atomic E-state index is -2.94. The Labute approximate surface area is 372 Å². The molecule has 3 heterocycles. The summed E-state index contributed by atoms with van der Waals surface area (Å²) in [5, 5.41) is 12.9. The van der Waals surface area contributed by atoms with E-state index in [0.717, 1.165) is 17.1 Å². The highest BCUT2D eigenvalue weighted by Crippen LogP contribution is 2.39. The fraction of sp³-hybridized carbons (Fsp3) is 0. The zero-order chi connectivity index (χ0) is 42.2. The normalized spacial score (nSPS) is 12.1. The van der Waals surface area contributed by atoms with Gasteiger partial charge in [0.15, 0.2) is 8.07 Å². The van der Waals surface area contributed by atoms with Crippen molar-refractivity contribution < 1.29 is 0 Å². The van der Waals surface area contributed by atoms with Crippen LogP contribution in [0.2, 0.25) is 0 Å². The summed E-state index contributed by atoms with van der Waals surface area (Å²) in [5.74, 6) is 0. The Kier molecular flexibility index (Phi) is 8.23. The molecule has 300 valence electrons. The lowest BCUT2D eigenvalue weighted by Gasteiger charge is -2.35. The molecule has 0 bridgehead atoms. The molecule has 0 aliphatic rings. The maximum absolute atomic E-state index is 2.94. The van der Waals surface area contributed by atoms with Crippen molar-refractivity contribution in [2.75, 3.05) is 0 Å². The predicted octanol–water partition coefficient (Wildman–Crippen LogP) is 12.4. The Morgan fingerprint density at radius 3 is 1.09 bits per heavy atom. The molecule has 64 heavy (non-hydrogen) atoms. The lowest BCUT2D eigenvalue weighted by atomic mass is 10.1. The van der Waals surface area contributed by atoms with Gasteiger partial charge < -0.3 is 13.7 Å². The highest BCUT2D eigenvalue weighted by Gasteiger charge is 2.43. The first-order valence-corrected chi connectivity index (χ1v) is 24.1. The molecule has 0 unspecified atom stereocenters. The molecule has 3 aromatic heterocycles. The number of aromatic nitrogens is 3. The van der Waals surface area contributed by atoms with Crippen LogP contribution in [0.3, 0.4) is 0 Å². The third kappa shape index (κ3) is 5.27. The standard InChI is InChI=1S/C60H41N3Si/c1-5-20-42(21-6-1)61-57-40-43(62-54-32-16-13-28-48(54)49-29-14-17-33-55(49)62)36-38-51(57)52-39-37-44(41-58(52)61)63-56-34-18-15-30-50(56)53-31-19-35-59(60(53)63)64(45-22-7-2-8-23-45,46-24-9-3-10-25-46)47-26-11-4-12-27-47/h1-41H. The van der Waals surface area contributed by atoms with E-state index >= 15 is 0 Å². The van der Waals surface area contributed by atoms with Gasteiger partial charge in [-0.1, -0.05) is 194 Å². The van der Waals surface area contributed by atoms with Crippen molar-refractivity contribution in [3.8, 4) is 17.1 Å². The molecular formula is C60H41N3Si. The minimum Gasteiger partial charge on any atom is -0.309 e. The largest absolute Gasteiger partial charge is 0.309 e. The monoisotopic (exact) mass is 831 g/mol. The van der Waals surface area contributed by atoms with Crippen molar-refractivity contribution >= 4 is 94.2 Å². The molecule has 0 fully saturated rings. The van der Waals surface area contributed by atoms with Crippen LogP contribution in [0.4, 0.5) is 0 Å². The second-order valence-corrected chi connectivity index (χ2v) is 20.6. The predicted molar refractivity (Wildman–Crippen MR) is 273 cm³/mol. The fourth-order valence-corrected chi connectivity index (χ4v) is 15.9. The molecule has 0 aliphatic carbocycles. The maximum Gasteiger partial charge on any atom is 0.181 e. The van der Waals surface area contributed by atoms with Crippen molar-refractivity contribution in [2.45, 2.75) is 0 Å². The van der Waals surface area contributed by atoms with Gasteiger partial charge in [0.05, 0.1) is 33.1 Å². The Morgan fingerprint density at radius 1 is 0.234 bits per heavy atom. The molecule has 0 saturated heterocycles. The molecule has 0 spiro atoms. The summed E-state index contributed by atoms with van der Waals surface area (Å²) in [7, 11) is -2.94. The summed E-state index contributed by atoms with van der Waals surface area (Å²) in [4.78, 5) is 0. The minimum absolute atomic E-state index is 1.13. The summed E-state index contributed by atoms with van der Waals surface area (Å²) in [6.45, 7) is 0. The van der Waals surface area contributed by atoms with E-state index in [9.17, 15) is 0 Å². The maximum atomic E-state index is 2.56. The first-order valence-electron chi connectivity index (χ1n) is 22.1. The summed E-state index contributed by atoms with van der Waals surface area (Å²) < 4.78 is 7.45. The highest BCUT2D eigenvalue weighted by atomic mass is 28.3. The molecule has 0 radical (unpaired) electrons. The van der Waals surface area contributed by atoms with Gasteiger partial charge in [-0.05, 0) is 75.3 Å². The number of rotatable bonds is 7. The Bertz CT molecular complexity index is 3730. The molecule has 13 rings (SSSR count). The lowest BCUT2D eigenvalue weighted by molar-refractivity contribution is 1.14. The van der Waals surface area contributed by atoms with Gasteiger partial charge in [0, 0.05) is 49.4 Å². The second kappa shape index (κ2) is 14.5. The third-order valence-corrected chi connectivity index (χ3v) is 18.4. The Morgan fingerprint density at radius 2 is 0.594 bits per heavy atom. The average Bonchev–Trinajstić information content (AvgIpc) is 4.01. The molecule has 3 nitrogen and oxygen atoms in total. The first kappa shape index (κ1) is 36.5. The van der Waals surface area contributed by atoms with Gasteiger partial charge in [-0.3, -0.25) is 0 Å². The van der Waals surface area contributed by atoms with Crippen molar-refractivity contribution in [3.63, 3.8) is 0 Å². The number of hydrogen-bond donors (Lipinski definition) is 0. The van der Waals surface area contributed by atoms with Gasteiger partial charge in [-0.15, -0.1) is 0 Å². The van der Waals surface area contributed by atoms with Gasteiger partial charge in [-0.25, -0.2) is 0 Å². The Balaban J connectivity index is 1.13. The van der Waals surface area contributed by atoms with Crippen LogP contribution in [0.15, 0.2) is 249 Å². The quantitative estimate of drug-likeness (QED) is 0.112. The van der Waals surface area contributed by atoms with Crippen LogP contribution in [0.1, 0.15) is 0 Å². The van der Waals surface area contributed by atoms with Crippen molar-refractivity contribution in [1.29, 1.82) is 0 Å². The summed E-state index contributed by atoms with van der Waals surface area (Å²) in [6, 6.07) is 92.3. The van der Waals surface area contributed by atoms with Gasteiger partial charge >= 0.3 is 0 Å². The number of para-hydroxylation sites is 5. The second-order valence-electron chi connectivity index (χ2n) is 16.8. The van der Waals surface area contributed by atoms with E-state index in [1.807, 2.05) is 0 Å². The van der Waals surface area contributed by atoms with E-state index < -0.39 is 8.07 Å². The van der Waals surface area contributed by atoms with Crippen LogP contribution in [0.5, 0.6) is 0 Å². The fourth-order valence-electron chi connectivity index (χ4n) is 10.9. The smallest absolute Gasteiger partial charge is 0.181 e. The van der Waals surface area contributed by atoms with Crippen molar-refractivity contribution in [1.82, 2.24) is 13.7 Å². The molecule has 4 heteroatoms. The number of benzene rings is 10. The van der Waals surface area contributed by atoms with Gasteiger partial charge in [-0.2, -0.15) is 0 Å². The lowest BCUT2D eigenvalue weighted by Crippen LogP contribution is -2.75. The van der Waals surface area contributed by atoms with E-state index in [1.165, 1.54) is 86.2 Å². The van der Waals surface area contributed by atoms with Gasteiger partial charge in [0.2, 0.25) is 0 Å². The average molecular weight is 832 g/mol. The summed E-state index contributed by atoms with van der Waals surface area (Å²) in [6.07, 6.45) is 0. The third-order valence-electron chi connectivity index (χ3n) is 13.6. The number of fused-ring (bicyclic) bond motifs is 9. The van der Waals surface area contributed by atoms with Crippen LogP contribution in [-0.2, 0) is 0 Å². The van der Waals surface area contributed by atoms with Crippen LogP contribution in [0, 0.1) is 0 Å². The topological polar surface area (TPSA) is 14.8 Å². The number of nitrogens with zero attached hydrogens (tertiary/aromatic N) is 3. The van der Waals surface area contributed by atoms with Gasteiger partial charge in [0.25, 0.3) is 0 Å². The SMILES string of the molecule is c1ccc(-n2c3cc(-n4c5ccccc5c5ccccc54)ccc3c3ccc(-n4c5ccccc5c5cccc([Si](c6ccccc6)(c6ccccc6)c6ccccc6)c54)cc32)cc1. The highest BCUT2D eigenvalue weighted by molar-refractivity contribution is 7.20.